The van der Waals surface area contributed by atoms with Gasteiger partial charge in [-0.05, 0) is 17.5 Å². The fraction of sp³-hybridized carbons (Fsp3) is 0.278. The highest BCUT2D eigenvalue weighted by Gasteiger charge is 2.28. The lowest BCUT2D eigenvalue weighted by molar-refractivity contribution is -0.139. The van der Waals surface area contributed by atoms with Crippen molar-refractivity contribution < 1.29 is 23.1 Å². The minimum atomic E-state index is -3.86. The van der Waals surface area contributed by atoms with Crippen molar-refractivity contribution in [1.29, 1.82) is 0 Å². The summed E-state index contributed by atoms with van der Waals surface area (Å²) in [7, 11) is -2.42. The summed E-state index contributed by atoms with van der Waals surface area (Å²) in [5.41, 5.74) is 1.32. The van der Waals surface area contributed by atoms with Gasteiger partial charge >= 0.3 is 5.97 Å². The Labute approximate surface area is 147 Å². The molecule has 2 atom stereocenters. The van der Waals surface area contributed by atoms with E-state index in [1.807, 2.05) is 30.3 Å². The largest absolute Gasteiger partial charge is 0.480 e. The standard InChI is InChI=1S/C18H21NO5S/c1-24-16(12-14-8-4-2-5-9-14)13-25(22,23)19-17(18(20)21)15-10-6-3-7-11-15/h2-11,16-17,19H,12-13H2,1H3,(H,20,21)/t16?,17-/m0/s1. The lowest BCUT2D eigenvalue weighted by Crippen LogP contribution is -2.39. The number of carbonyl (C=O) groups is 1. The first-order valence-corrected chi connectivity index (χ1v) is 9.41. The number of aliphatic carboxylic acids is 1. The molecule has 6 nitrogen and oxygen atoms in total. The Hall–Kier alpha value is -2.22. The zero-order valence-electron chi connectivity index (χ0n) is 13.8. The van der Waals surface area contributed by atoms with E-state index in [1.54, 1.807) is 30.3 Å². The Morgan fingerprint density at radius 3 is 2.16 bits per heavy atom. The molecule has 0 spiro atoms. The van der Waals surface area contributed by atoms with E-state index >= 15 is 0 Å². The van der Waals surface area contributed by atoms with Gasteiger partial charge in [-0.1, -0.05) is 60.7 Å². The zero-order valence-corrected chi connectivity index (χ0v) is 14.6. The van der Waals surface area contributed by atoms with Gasteiger partial charge in [0, 0.05) is 7.11 Å². The molecular weight excluding hydrogens is 342 g/mol. The predicted molar refractivity (Wildman–Crippen MR) is 94.7 cm³/mol. The van der Waals surface area contributed by atoms with Crippen LogP contribution in [0.25, 0.3) is 0 Å². The van der Waals surface area contributed by atoms with Crippen LogP contribution in [-0.4, -0.2) is 38.5 Å². The minimum Gasteiger partial charge on any atom is -0.480 e. The van der Waals surface area contributed by atoms with Gasteiger partial charge in [-0.15, -0.1) is 0 Å². The molecular formula is C18H21NO5S. The molecule has 0 aliphatic heterocycles. The SMILES string of the molecule is COC(Cc1ccccc1)CS(=O)(=O)N[C@H](C(=O)O)c1ccccc1. The highest BCUT2D eigenvalue weighted by molar-refractivity contribution is 7.89. The average molecular weight is 363 g/mol. The smallest absolute Gasteiger partial charge is 0.326 e. The second-order valence-electron chi connectivity index (χ2n) is 5.63. The van der Waals surface area contributed by atoms with Crippen molar-refractivity contribution in [1.82, 2.24) is 4.72 Å². The first kappa shape index (κ1) is 19.1. The van der Waals surface area contributed by atoms with Crippen molar-refractivity contribution in [3.05, 3.63) is 71.8 Å². The molecule has 0 aliphatic rings. The first-order valence-electron chi connectivity index (χ1n) is 7.76. The van der Waals surface area contributed by atoms with E-state index in [0.717, 1.165) is 5.56 Å². The number of hydrogen-bond donors (Lipinski definition) is 2. The Bertz CT molecular complexity index is 778. The van der Waals surface area contributed by atoms with Crippen LogP contribution in [0.4, 0.5) is 0 Å². The second kappa shape index (κ2) is 8.75. The molecule has 0 bridgehead atoms. The third-order valence-corrected chi connectivity index (χ3v) is 5.13. The lowest BCUT2D eigenvalue weighted by Gasteiger charge is -2.19. The maximum atomic E-state index is 12.4. The lowest BCUT2D eigenvalue weighted by atomic mass is 10.1. The summed E-state index contributed by atoms with van der Waals surface area (Å²) < 4.78 is 32.4. The number of methoxy groups -OCH3 is 1. The van der Waals surface area contributed by atoms with Gasteiger partial charge < -0.3 is 9.84 Å². The van der Waals surface area contributed by atoms with Crippen LogP contribution in [0.2, 0.25) is 0 Å². The molecule has 0 radical (unpaired) electrons. The monoisotopic (exact) mass is 363 g/mol. The number of benzene rings is 2. The van der Waals surface area contributed by atoms with E-state index in [-0.39, 0.29) is 5.75 Å². The first-order chi connectivity index (χ1) is 11.9. The number of sulfonamides is 1. The quantitative estimate of drug-likeness (QED) is 0.711. The van der Waals surface area contributed by atoms with Crippen LogP contribution < -0.4 is 4.72 Å². The van der Waals surface area contributed by atoms with Crippen LogP contribution in [0, 0.1) is 0 Å². The molecule has 1 unspecified atom stereocenters. The second-order valence-corrected chi connectivity index (χ2v) is 7.43. The number of hydrogen-bond acceptors (Lipinski definition) is 4. The highest BCUT2D eigenvalue weighted by Crippen LogP contribution is 2.15. The van der Waals surface area contributed by atoms with Crippen molar-refractivity contribution in [2.75, 3.05) is 12.9 Å². The Balaban J connectivity index is 2.09. The average Bonchev–Trinajstić information content (AvgIpc) is 2.60. The molecule has 2 aromatic rings. The summed E-state index contributed by atoms with van der Waals surface area (Å²) in [4.78, 5) is 11.5. The summed E-state index contributed by atoms with van der Waals surface area (Å²) in [6, 6.07) is 16.2. The summed E-state index contributed by atoms with van der Waals surface area (Å²) in [6.07, 6.45) is -0.161. The molecule has 134 valence electrons. The van der Waals surface area contributed by atoms with Crippen molar-refractivity contribution >= 4 is 16.0 Å². The number of carboxylic acids is 1. The summed E-state index contributed by atoms with van der Waals surface area (Å²) in [5, 5.41) is 9.36. The van der Waals surface area contributed by atoms with E-state index in [1.165, 1.54) is 7.11 Å². The molecule has 2 aromatic carbocycles. The number of carboxylic acid groups (broad SMARTS) is 1. The Morgan fingerprint density at radius 1 is 1.08 bits per heavy atom. The van der Waals surface area contributed by atoms with E-state index in [4.69, 9.17) is 4.74 Å². The maximum absolute atomic E-state index is 12.4. The minimum absolute atomic E-state index is 0.324. The third-order valence-electron chi connectivity index (χ3n) is 3.72. The zero-order chi connectivity index (χ0) is 18.3. The van der Waals surface area contributed by atoms with E-state index in [2.05, 4.69) is 4.72 Å². The molecule has 2 rings (SSSR count). The van der Waals surface area contributed by atoms with Crippen LogP contribution in [0.3, 0.4) is 0 Å². The Morgan fingerprint density at radius 2 is 1.64 bits per heavy atom. The van der Waals surface area contributed by atoms with E-state index in [9.17, 15) is 18.3 Å². The van der Waals surface area contributed by atoms with E-state index in [0.29, 0.717) is 12.0 Å². The van der Waals surface area contributed by atoms with Gasteiger partial charge in [0.15, 0.2) is 0 Å². The molecule has 7 heteroatoms. The van der Waals surface area contributed by atoms with Crippen LogP contribution in [0.1, 0.15) is 17.2 Å². The van der Waals surface area contributed by atoms with Crippen molar-refractivity contribution in [2.24, 2.45) is 0 Å². The van der Waals surface area contributed by atoms with Crippen molar-refractivity contribution in [2.45, 2.75) is 18.6 Å². The molecule has 2 N–H and O–H groups in total. The summed E-state index contributed by atoms with van der Waals surface area (Å²) >= 11 is 0. The van der Waals surface area contributed by atoms with Crippen molar-refractivity contribution in [3.8, 4) is 0 Å². The Kier molecular flexibility index (Phi) is 6.69. The van der Waals surface area contributed by atoms with Crippen LogP contribution in [0.15, 0.2) is 60.7 Å². The number of rotatable bonds is 9. The molecule has 25 heavy (non-hydrogen) atoms. The van der Waals surface area contributed by atoms with Crippen LogP contribution in [-0.2, 0) is 26.0 Å². The fourth-order valence-corrected chi connectivity index (χ4v) is 3.90. The van der Waals surface area contributed by atoms with Crippen LogP contribution >= 0.6 is 0 Å². The van der Waals surface area contributed by atoms with Gasteiger partial charge in [-0.25, -0.2) is 8.42 Å². The summed E-state index contributed by atoms with van der Waals surface area (Å²) in [6.45, 7) is 0. The maximum Gasteiger partial charge on any atom is 0.326 e. The topological polar surface area (TPSA) is 92.7 Å². The molecule has 0 saturated heterocycles. The predicted octanol–water partition coefficient (Wildman–Crippen LogP) is 1.99. The van der Waals surface area contributed by atoms with Crippen molar-refractivity contribution in [3.63, 3.8) is 0 Å². The van der Waals surface area contributed by atoms with Gasteiger partial charge in [0.25, 0.3) is 0 Å². The molecule has 0 aromatic heterocycles. The molecule has 0 aliphatic carbocycles. The molecule has 0 saturated carbocycles. The van der Waals surface area contributed by atoms with Gasteiger partial charge in [-0.2, -0.15) is 4.72 Å². The van der Waals surface area contributed by atoms with Crippen LogP contribution in [0.5, 0.6) is 0 Å². The molecule has 0 fully saturated rings. The normalized spacial score (nSPS) is 14.0. The fourth-order valence-electron chi connectivity index (χ4n) is 2.47. The summed E-state index contributed by atoms with van der Waals surface area (Å²) in [5.74, 6) is -1.58. The molecule has 0 heterocycles. The van der Waals surface area contributed by atoms with Gasteiger partial charge in [0.1, 0.15) is 6.04 Å². The third kappa shape index (κ3) is 5.97. The van der Waals surface area contributed by atoms with E-state index < -0.39 is 28.1 Å². The van der Waals surface area contributed by atoms with Gasteiger partial charge in [0.2, 0.25) is 10.0 Å². The van der Waals surface area contributed by atoms with Gasteiger partial charge in [-0.3, -0.25) is 4.79 Å². The highest BCUT2D eigenvalue weighted by atomic mass is 32.2. The number of ether oxygens (including phenoxy) is 1. The molecule has 0 amide bonds. The van der Waals surface area contributed by atoms with Gasteiger partial charge in [0.05, 0.1) is 11.9 Å². The number of nitrogens with one attached hydrogen (secondary N) is 1.